The maximum absolute atomic E-state index is 11.0. The molecule has 2 unspecified atom stereocenters. The van der Waals surface area contributed by atoms with Crippen LogP contribution >= 0.6 is 0 Å². The number of hydrogen-bond acceptors (Lipinski definition) is 5. The minimum Gasteiger partial charge on any atom is -0.430 e. The first-order valence-corrected chi connectivity index (χ1v) is 5.31. The van der Waals surface area contributed by atoms with Crippen molar-refractivity contribution in [2.75, 3.05) is 13.2 Å². The van der Waals surface area contributed by atoms with Crippen LogP contribution in [0.1, 0.15) is 27.2 Å². The van der Waals surface area contributed by atoms with Gasteiger partial charge >= 0.3 is 6.16 Å². The van der Waals surface area contributed by atoms with E-state index in [1.807, 2.05) is 6.92 Å². The van der Waals surface area contributed by atoms with Crippen LogP contribution < -0.4 is 0 Å². The highest BCUT2D eigenvalue weighted by Gasteiger charge is 2.13. The Morgan fingerprint density at radius 2 is 2.06 bits per heavy atom. The van der Waals surface area contributed by atoms with E-state index in [1.165, 1.54) is 6.08 Å². The maximum Gasteiger partial charge on any atom is 0.510 e. The van der Waals surface area contributed by atoms with E-state index >= 15 is 0 Å². The normalized spacial score (nSPS) is 13.9. The van der Waals surface area contributed by atoms with Crippen molar-refractivity contribution in [3.8, 4) is 0 Å². The Kier molecular flexibility index (Phi) is 8.56. The molecule has 0 radical (unpaired) electrons. The van der Waals surface area contributed by atoms with Crippen LogP contribution in [0.4, 0.5) is 4.79 Å². The Morgan fingerprint density at radius 3 is 2.62 bits per heavy atom. The predicted octanol–water partition coefficient (Wildman–Crippen LogP) is 2.46. The van der Waals surface area contributed by atoms with Crippen LogP contribution in [0.3, 0.4) is 0 Å². The van der Waals surface area contributed by atoms with Crippen LogP contribution in [0.2, 0.25) is 0 Å². The van der Waals surface area contributed by atoms with Crippen LogP contribution in [0.5, 0.6) is 0 Å². The third-order valence-corrected chi connectivity index (χ3v) is 1.52. The summed E-state index contributed by atoms with van der Waals surface area (Å²) in [6, 6.07) is 0. The summed E-state index contributed by atoms with van der Waals surface area (Å²) in [5.74, 6) is 0. The van der Waals surface area contributed by atoms with Crippen molar-refractivity contribution >= 4 is 6.16 Å². The van der Waals surface area contributed by atoms with E-state index in [0.29, 0.717) is 6.61 Å². The standard InChI is InChI=1S/C11H20O5/c1-5-7-13-9(3)15-10(4)16-11(12)14-8-6-2/h6,9-10H,2,5,7-8H2,1,3-4H3. The number of ether oxygens (including phenoxy) is 4. The van der Waals surface area contributed by atoms with Gasteiger partial charge in [-0.3, -0.25) is 0 Å². The minimum absolute atomic E-state index is 0.118. The highest BCUT2D eigenvalue weighted by atomic mass is 16.8. The lowest BCUT2D eigenvalue weighted by molar-refractivity contribution is -0.217. The van der Waals surface area contributed by atoms with Crippen molar-refractivity contribution in [1.82, 2.24) is 0 Å². The van der Waals surface area contributed by atoms with Crippen LogP contribution in [0.15, 0.2) is 12.7 Å². The number of hydrogen-bond donors (Lipinski definition) is 0. The topological polar surface area (TPSA) is 54.0 Å². The Morgan fingerprint density at radius 1 is 1.38 bits per heavy atom. The molecular formula is C11H20O5. The third kappa shape index (κ3) is 8.26. The van der Waals surface area contributed by atoms with E-state index in [9.17, 15) is 4.79 Å². The van der Waals surface area contributed by atoms with Crippen molar-refractivity contribution in [2.45, 2.75) is 39.8 Å². The van der Waals surface area contributed by atoms with Crippen molar-refractivity contribution in [3.63, 3.8) is 0 Å². The zero-order valence-corrected chi connectivity index (χ0v) is 10.1. The fraction of sp³-hybridized carbons (Fsp3) is 0.727. The first-order valence-electron chi connectivity index (χ1n) is 5.31. The zero-order chi connectivity index (χ0) is 12.4. The maximum atomic E-state index is 11.0. The summed E-state index contributed by atoms with van der Waals surface area (Å²) in [6.45, 7) is 9.47. The third-order valence-electron chi connectivity index (χ3n) is 1.52. The summed E-state index contributed by atoms with van der Waals surface area (Å²) >= 11 is 0. The first-order chi connectivity index (χ1) is 7.60. The Bertz CT molecular complexity index is 205. The Balaban J connectivity index is 3.66. The molecule has 0 aliphatic carbocycles. The van der Waals surface area contributed by atoms with Gasteiger partial charge in [0.15, 0.2) is 6.29 Å². The molecular weight excluding hydrogens is 212 g/mol. The van der Waals surface area contributed by atoms with E-state index < -0.39 is 18.7 Å². The van der Waals surface area contributed by atoms with E-state index in [2.05, 4.69) is 11.3 Å². The van der Waals surface area contributed by atoms with E-state index in [1.54, 1.807) is 13.8 Å². The monoisotopic (exact) mass is 232 g/mol. The first kappa shape index (κ1) is 14.9. The second-order valence-corrected chi connectivity index (χ2v) is 3.11. The summed E-state index contributed by atoms with van der Waals surface area (Å²) in [6.07, 6.45) is 0.464. The van der Waals surface area contributed by atoms with Gasteiger partial charge in [0, 0.05) is 6.61 Å². The van der Waals surface area contributed by atoms with Crippen molar-refractivity contribution < 1.29 is 23.7 Å². The fourth-order valence-electron chi connectivity index (χ4n) is 0.917. The zero-order valence-electron chi connectivity index (χ0n) is 10.1. The van der Waals surface area contributed by atoms with Gasteiger partial charge < -0.3 is 18.9 Å². The summed E-state index contributed by atoms with van der Waals surface area (Å²) < 4.78 is 19.9. The van der Waals surface area contributed by atoms with Gasteiger partial charge in [-0.1, -0.05) is 19.6 Å². The summed E-state index contributed by atoms with van der Waals surface area (Å²) in [5, 5.41) is 0. The summed E-state index contributed by atoms with van der Waals surface area (Å²) in [5.41, 5.74) is 0. The van der Waals surface area contributed by atoms with Gasteiger partial charge in [0.1, 0.15) is 6.61 Å². The predicted molar refractivity (Wildman–Crippen MR) is 58.9 cm³/mol. The quantitative estimate of drug-likeness (QED) is 0.365. The second-order valence-electron chi connectivity index (χ2n) is 3.11. The van der Waals surface area contributed by atoms with E-state index in [-0.39, 0.29) is 6.61 Å². The molecule has 2 atom stereocenters. The molecule has 0 aliphatic heterocycles. The van der Waals surface area contributed by atoms with Crippen LogP contribution in [0, 0.1) is 0 Å². The molecule has 0 spiro atoms. The van der Waals surface area contributed by atoms with Gasteiger partial charge in [-0.05, 0) is 20.3 Å². The lowest BCUT2D eigenvalue weighted by atomic mass is 10.5. The van der Waals surface area contributed by atoms with Crippen LogP contribution in [-0.2, 0) is 18.9 Å². The molecule has 16 heavy (non-hydrogen) atoms. The Labute approximate surface area is 96.3 Å². The fourth-order valence-corrected chi connectivity index (χ4v) is 0.917. The molecule has 0 fully saturated rings. The molecule has 5 heteroatoms. The van der Waals surface area contributed by atoms with E-state index in [0.717, 1.165) is 6.42 Å². The van der Waals surface area contributed by atoms with E-state index in [4.69, 9.17) is 14.2 Å². The number of carbonyl (C=O) groups is 1. The molecule has 0 saturated heterocycles. The molecule has 0 aromatic rings. The second kappa shape index (κ2) is 9.18. The molecule has 0 aliphatic rings. The van der Waals surface area contributed by atoms with Gasteiger partial charge in [0.2, 0.25) is 6.29 Å². The van der Waals surface area contributed by atoms with Gasteiger partial charge in [-0.25, -0.2) is 4.79 Å². The highest BCUT2D eigenvalue weighted by Crippen LogP contribution is 2.03. The molecule has 0 saturated carbocycles. The molecule has 0 bridgehead atoms. The van der Waals surface area contributed by atoms with Crippen molar-refractivity contribution in [3.05, 3.63) is 12.7 Å². The highest BCUT2D eigenvalue weighted by molar-refractivity contribution is 5.60. The molecule has 0 rings (SSSR count). The average molecular weight is 232 g/mol. The minimum atomic E-state index is -0.782. The van der Waals surface area contributed by atoms with Crippen molar-refractivity contribution in [1.29, 1.82) is 0 Å². The Hall–Kier alpha value is -1.07. The molecule has 0 amide bonds. The smallest absolute Gasteiger partial charge is 0.430 e. The van der Waals surface area contributed by atoms with Crippen molar-refractivity contribution in [2.24, 2.45) is 0 Å². The molecule has 94 valence electrons. The van der Waals surface area contributed by atoms with Crippen LogP contribution in [0.25, 0.3) is 0 Å². The summed E-state index contributed by atoms with van der Waals surface area (Å²) in [4.78, 5) is 11.0. The number of rotatable bonds is 8. The van der Waals surface area contributed by atoms with Crippen LogP contribution in [-0.4, -0.2) is 31.9 Å². The molecule has 0 aromatic carbocycles. The molecule has 0 aromatic heterocycles. The lowest BCUT2D eigenvalue weighted by Gasteiger charge is -2.18. The molecule has 5 nitrogen and oxygen atoms in total. The number of carbonyl (C=O) groups excluding carboxylic acids is 1. The summed E-state index contributed by atoms with van der Waals surface area (Å²) in [7, 11) is 0. The van der Waals surface area contributed by atoms with Gasteiger partial charge in [0.25, 0.3) is 0 Å². The average Bonchev–Trinajstić information content (AvgIpc) is 2.23. The van der Waals surface area contributed by atoms with Gasteiger partial charge in [0.05, 0.1) is 0 Å². The SMILES string of the molecule is C=CCOC(=O)OC(C)OC(C)OCCC. The lowest BCUT2D eigenvalue weighted by Crippen LogP contribution is -2.25. The largest absolute Gasteiger partial charge is 0.510 e. The van der Waals surface area contributed by atoms with Gasteiger partial charge in [-0.15, -0.1) is 0 Å². The molecule has 0 N–H and O–H groups in total. The molecule has 0 heterocycles. The van der Waals surface area contributed by atoms with Gasteiger partial charge in [-0.2, -0.15) is 0 Å².